The fraction of sp³-hybridized carbons (Fsp3) is 0.385. The highest BCUT2D eigenvalue weighted by molar-refractivity contribution is 6.35. The lowest BCUT2D eigenvalue weighted by molar-refractivity contribution is -0.148. The van der Waals surface area contributed by atoms with Gasteiger partial charge in [0.15, 0.2) is 0 Å². The van der Waals surface area contributed by atoms with E-state index in [2.05, 4.69) is 0 Å². The molecule has 3 atom stereocenters. The van der Waals surface area contributed by atoms with Crippen LogP contribution in [0.5, 0.6) is 0 Å². The predicted molar refractivity (Wildman–Crippen MR) is 114 cm³/mol. The maximum Gasteiger partial charge on any atom is 0.237 e. The summed E-state index contributed by atoms with van der Waals surface area (Å²) in [7, 11) is 0. The van der Waals surface area contributed by atoms with Crippen molar-refractivity contribution in [1.82, 2.24) is 4.90 Å². The van der Waals surface area contributed by atoms with E-state index in [0.29, 0.717) is 18.4 Å². The fourth-order valence-corrected chi connectivity index (χ4v) is 6.19. The molecular formula is C26H22FNO5. The molecule has 168 valence electrons. The number of carbonyl (C=O) groups excluding carboxylic acids is 4. The van der Waals surface area contributed by atoms with Crippen LogP contribution in [0.25, 0.3) is 0 Å². The topological polar surface area (TPSA) is 80.8 Å². The first kappa shape index (κ1) is 20.4. The van der Waals surface area contributed by atoms with Crippen molar-refractivity contribution in [2.75, 3.05) is 0 Å². The quantitative estimate of drug-likeness (QED) is 0.519. The molecule has 1 saturated carbocycles. The van der Waals surface area contributed by atoms with E-state index >= 15 is 0 Å². The van der Waals surface area contributed by atoms with Gasteiger partial charge >= 0.3 is 0 Å². The number of hydrogen-bond acceptors (Lipinski definition) is 5. The van der Waals surface area contributed by atoms with Crippen LogP contribution in [0.2, 0.25) is 0 Å². The molecule has 2 saturated heterocycles. The number of imide groups is 1. The summed E-state index contributed by atoms with van der Waals surface area (Å²) < 4.78 is 19.8. The molecule has 7 heteroatoms. The normalized spacial score (nSPS) is 28.6. The Labute approximate surface area is 189 Å². The van der Waals surface area contributed by atoms with Gasteiger partial charge < -0.3 is 4.74 Å². The minimum atomic E-state index is -2.07. The van der Waals surface area contributed by atoms with Gasteiger partial charge in [-0.3, -0.25) is 24.1 Å². The van der Waals surface area contributed by atoms with E-state index in [1.165, 1.54) is 29.2 Å². The third kappa shape index (κ3) is 2.63. The van der Waals surface area contributed by atoms with Gasteiger partial charge in [0, 0.05) is 17.2 Å². The van der Waals surface area contributed by atoms with Crippen LogP contribution in [-0.2, 0) is 14.3 Å². The molecule has 3 fully saturated rings. The summed E-state index contributed by atoms with van der Waals surface area (Å²) in [5, 5.41) is 0. The van der Waals surface area contributed by atoms with Gasteiger partial charge in [-0.2, -0.15) is 0 Å². The molecule has 0 radical (unpaired) electrons. The standard InChI is InChI=1S/C26H22FNO5/c27-15-12-10-14(11-13-15)21-19-20(25(32)28(24(19)31)16-6-2-1-3-7-16)26(33-21)22(29)17-8-4-5-9-18(17)23(26)30/h4-5,8-13,16,19-21H,1-3,6-7H2/t19-,20-,21-/m0/s1. The summed E-state index contributed by atoms with van der Waals surface area (Å²) in [4.78, 5) is 56.1. The smallest absolute Gasteiger partial charge is 0.237 e. The summed E-state index contributed by atoms with van der Waals surface area (Å²) in [5.41, 5.74) is -1.19. The predicted octanol–water partition coefficient (Wildman–Crippen LogP) is 3.65. The SMILES string of the molecule is O=C1[C@H]2[C@@H](C(=O)N1C1CCCCC1)C1(O[C@H]2c2ccc(F)cc2)C(=O)c2ccccc2C1=O. The number of rotatable bonds is 2. The molecule has 1 spiro atoms. The minimum absolute atomic E-state index is 0.206. The van der Waals surface area contributed by atoms with Gasteiger partial charge in [0.05, 0.1) is 17.9 Å². The van der Waals surface area contributed by atoms with Gasteiger partial charge in [-0.15, -0.1) is 0 Å². The number of amides is 2. The number of Topliss-reactive ketones (excluding diaryl/α,β-unsaturated/α-hetero) is 2. The second kappa shape index (κ2) is 7.15. The number of halogens is 1. The maximum atomic E-state index is 13.8. The molecule has 6 rings (SSSR count). The Balaban J connectivity index is 1.50. The molecule has 2 aliphatic heterocycles. The molecule has 2 aromatic rings. The van der Waals surface area contributed by atoms with Gasteiger partial charge in [0.25, 0.3) is 0 Å². The summed E-state index contributed by atoms with van der Waals surface area (Å²) in [6, 6.07) is 11.6. The van der Waals surface area contributed by atoms with Gasteiger partial charge in [-0.25, -0.2) is 4.39 Å². The van der Waals surface area contributed by atoms with Gasteiger partial charge in [0.1, 0.15) is 5.82 Å². The van der Waals surface area contributed by atoms with Crippen LogP contribution in [0.1, 0.15) is 64.5 Å². The first-order chi connectivity index (χ1) is 15.9. The lowest BCUT2D eigenvalue weighted by Crippen LogP contribution is -2.52. The van der Waals surface area contributed by atoms with Gasteiger partial charge in [0.2, 0.25) is 29.0 Å². The van der Waals surface area contributed by atoms with E-state index in [0.717, 1.165) is 19.3 Å². The van der Waals surface area contributed by atoms with E-state index in [-0.39, 0.29) is 17.2 Å². The zero-order chi connectivity index (χ0) is 22.9. The summed E-state index contributed by atoms with van der Waals surface area (Å²) >= 11 is 0. The lowest BCUT2D eigenvalue weighted by Gasteiger charge is -2.33. The summed E-state index contributed by atoms with van der Waals surface area (Å²) in [5.74, 6) is -4.75. The van der Waals surface area contributed by atoms with Crippen molar-refractivity contribution in [1.29, 1.82) is 0 Å². The Bertz CT molecular complexity index is 1160. The maximum absolute atomic E-state index is 13.8. The number of ketones is 2. The molecule has 33 heavy (non-hydrogen) atoms. The van der Waals surface area contributed by atoms with E-state index in [1.807, 2.05) is 0 Å². The molecule has 2 heterocycles. The summed E-state index contributed by atoms with van der Waals surface area (Å²) in [6.07, 6.45) is 3.33. The van der Waals surface area contributed by atoms with Crippen molar-refractivity contribution < 1.29 is 28.3 Å². The molecular weight excluding hydrogens is 425 g/mol. The van der Waals surface area contributed by atoms with Crippen LogP contribution < -0.4 is 0 Å². The third-order valence-electron chi connectivity index (χ3n) is 7.69. The minimum Gasteiger partial charge on any atom is -0.349 e. The molecule has 0 bridgehead atoms. The number of hydrogen-bond donors (Lipinski definition) is 0. The third-order valence-corrected chi connectivity index (χ3v) is 7.69. The van der Waals surface area contributed by atoms with Crippen molar-refractivity contribution in [2.45, 2.75) is 49.9 Å². The van der Waals surface area contributed by atoms with Crippen molar-refractivity contribution >= 4 is 23.4 Å². The van der Waals surface area contributed by atoms with Gasteiger partial charge in [-0.05, 0) is 30.5 Å². The van der Waals surface area contributed by atoms with E-state index in [9.17, 15) is 23.6 Å². The van der Waals surface area contributed by atoms with Crippen LogP contribution in [0, 0.1) is 17.7 Å². The molecule has 0 aromatic heterocycles. The Morgan fingerprint density at radius 2 is 1.42 bits per heavy atom. The first-order valence-corrected chi connectivity index (χ1v) is 11.4. The fourth-order valence-electron chi connectivity index (χ4n) is 6.19. The number of fused-ring (bicyclic) bond motifs is 3. The van der Waals surface area contributed by atoms with Gasteiger partial charge in [-0.1, -0.05) is 55.7 Å². The number of likely N-dealkylation sites (tertiary alicyclic amines) is 1. The molecule has 2 aliphatic carbocycles. The Morgan fingerprint density at radius 3 is 2.03 bits per heavy atom. The van der Waals surface area contributed by atoms with Crippen molar-refractivity contribution in [3.05, 3.63) is 71.0 Å². The van der Waals surface area contributed by atoms with Crippen LogP contribution in [0.4, 0.5) is 4.39 Å². The molecule has 6 nitrogen and oxygen atoms in total. The monoisotopic (exact) mass is 447 g/mol. The van der Waals surface area contributed by atoms with Crippen molar-refractivity contribution in [3.63, 3.8) is 0 Å². The van der Waals surface area contributed by atoms with E-state index in [4.69, 9.17) is 4.74 Å². The largest absolute Gasteiger partial charge is 0.349 e. The highest BCUT2D eigenvalue weighted by atomic mass is 19.1. The Morgan fingerprint density at radius 1 is 0.818 bits per heavy atom. The molecule has 0 N–H and O–H groups in total. The van der Waals surface area contributed by atoms with Crippen LogP contribution >= 0.6 is 0 Å². The molecule has 2 amide bonds. The first-order valence-electron chi connectivity index (χ1n) is 11.4. The number of benzene rings is 2. The van der Waals surface area contributed by atoms with E-state index < -0.39 is 52.7 Å². The Hall–Kier alpha value is -3.19. The molecule has 2 aromatic carbocycles. The molecule has 0 unspecified atom stereocenters. The van der Waals surface area contributed by atoms with Crippen LogP contribution in [0.3, 0.4) is 0 Å². The second-order valence-electron chi connectivity index (χ2n) is 9.37. The zero-order valence-electron chi connectivity index (χ0n) is 17.8. The summed E-state index contributed by atoms with van der Waals surface area (Å²) in [6.45, 7) is 0. The molecule has 4 aliphatic rings. The number of carbonyl (C=O) groups is 4. The average molecular weight is 447 g/mol. The highest BCUT2D eigenvalue weighted by Crippen LogP contribution is 2.57. The van der Waals surface area contributed by atoms with Crippen LogP contribution in [0.15, 0.2) is 48.5 Å². The second-order valence-corrected chi connectivity index (χ2v) is 9.37. The average Bonchev–Trinajstić information content (AvgIpc) is 3.40. The number of nitrogens with zero attached hydrogens (tertiary/aromatic N) is 1. The van der Waals surface area contributed by atoms with E-state index in [1.54, 1.807) is 24.3 Å². The van der Waals surface area contributed by atoms with Crippen molar-refractivity contribution in [2.24, 2.45) is 11.8 Å². The van der Waals surface area contributed by atoms with Crippen molar-refractivity contribution in [3.8, 4) is 0 Å². The number of ether oxygens (including phenoxy) is 1. The Kier molecular flexibility index (Phi) is 4.43. The highest BCUT2D eigenvalue weighted by Gasteiger charge is 2.75. The lowest BCUT2D eigenvalue weighted by atomic mass is 9.77. The van der Waals surface area contributed by atoms with Crippen LogP contribution in [-0.4, -0.2) is 39.9 Å². The zero-order valence-corrected chi connectivity index (χ0v) is 17.8.